The van der Waals surface area contributed by atoms with Gasteiger partial charge < -0.3 is 14.6 Å². The second kappa shape index (κ2) is 9.28. The second-order valence-electron chi connectivity index (χ2n) is 11.0. The van der Waals surface area contributed by atoms with Crippen LogP contribution in [0.15, 0.2) is 42.0 Å². The summed E-state index contributed by atoms with van der Waals surface area (Å²) in [5.41, 5.74) is -0.611. The van der Waals surface area contributed by atoms with Crippen LogP contribution in [0.25, 0.3) is 0 Å². The van der Waals surface area contributed by atoms with E-state index in [4.69, 9.17) is 21.1 Å². The molecule has 41 heavy (non-hydrogen) atoms. The molecule has 10 nitrogen and oxygen atoms in total. The fraction of sp³-hybridized carbons (Fsp3) is 0.379. The number of anilines is 1. The molecule has 6 rings (SSSR count). The summed E-state index contributed by atoms with van der Waals surface area (Å²) in [6.07, 6.45) is 1.91. The molecule has 214 valence electrons. The van der Waals surface area contributed by atoms with E-state index in [1.54, 1.807) is 19.1 Å². The molecule has 2 N–H and O–H groups in total. The number of phenolic OH excluding ortho intramolecular Hbond substituents is 1. The van der Waals surface area contributed by atoms with Gasteiger partial charge >= 0.3 is 0 Å². The second-order valence-corrected chi connectivity index (χ2v) is 11.4. The number of rotatable bonds is 4. The summed E-state index contributed by atoms with van der Waals surface area (Å²) in [6.45, 7) is 1.62. The molecule has 3 fully saturated rings. The zero-order valence-corrected chi connectivity index (χ0v) is 23.0. The first-order valence-electron chi connectivity index (χ1n) is 13.0. The predicted octanol–water partition coefficient (Wildman–Crippen LogP) is 3.82. The van der Waals surface area contributed by atoms with E-state index in [1.807, 2.05) is 0 Å². The van der Waals surface area contributed by atoms with Crippen LogP contribution in [0.4, 0.5) is 10.1 Å². The van der Waals surface area contributed by atoms with Crippen molar-refractivity contribution < 1.29 is 43.4 Å². The minimum Gasteiger partial charge on any atom is -0.507 e. The summed E-state index contributed by atoms with van der Waals surface area (Å²) < 4.78 is 24.9. The van der Waals surface area contributed by atoms with Crippen LogP contribution in [0.1, 0.15) is 31.2 Å². The maximum Gasteiger partial charge on any atom is 0.257 e. The van der Waals surface area contributed by atoms with Crippen molar-refractivity contribution in [3.8, 4) is 17.2 Å². The number of phenols is 1. The van der Waals surface area contributed by atoms with Crippen LogP contribution in [0.5, 0.6) is 17.2 Å². The van der Waals surface area contributed by atoms with E-state index in [-0.39, 0.29) is 45.7 Å². The summed E-state index contributed by atoms with van der Waals surface area (Å²) in [6, 6.07) is 6.44. The van der Waals surface area contributed by atoms with Gasteiger partial charge in [-0.05, 0) is 43.9 Å². The van der Waals surface area contributed by atoms with E-state index in [2.05, 4.69) is 0 Å². The normalized spacial score (nSPS) is 30.7. The molecule has 4 amide bonds. The molecule has 0 bridgehead atoms. The number of hydrogen-bond donors (Lipinski definition) is 2. The highest BCUT2D eigenvalue weighted by Crippen LogP contribution is 2.65. The number of benzene rings is 2. The average molecular weight is 585 g/mol. The third kappa shape index (κ3) is 3.58. The maximum absolute atomic E-state index is 14.4. The molecule has 2 saturated heterocycles. The van der Waals surface area contributed by atoms with Gasteiger partial charge in [0.25, 0.3) is 11.8 Å². The fourth-order valence-corrected chi connectivity index (χ4v) is 7.52. The summed E-state index contributed by atoms with van der Waals surface area (Å²) in [5.74, 6) is -7.63. The van der Waals surface area contributed by atoms with Crippen LogP contribution in [0.2, 0.25) is 5.02 Å². The molecule has 0 radical (unpaired) electrons. The number of methoxy groups -OCH3 is 2. The minimum atomic E-state index is -1.49. The Labute approximate surface area is 238 Å². The number of imide groups is 2. The monoisotopic (exact) mass is 584 g/mol. The molecule has 4 aliphatic rings. The number of hydrogen-bond acceptors (Lipinski definition) is 8. The number of allylic oxidation sites excluding steroid dienone is 2. The number of carbonyl (C=O) groups excluding carboxylic acids is 4. The lowest BCUT2D eigenvalue weighted by Gasteiger charge is -2.49. The lowest BCUT2D eigenvalue weighted by Crippen LogP contribution is -2.49. The fourth-order valence-electron chi connectivity index (χ4n) is 7.34. The van der Waals surface area contributed by atoms with E-state index < -0.39 is 64.5 Å². The van der Waals surface area contributed by atoms with Gasteiger partial charge in [-0.2, -0.15) is 5.06 Å². The van der Waals surface area contributed by atoms with E-state index in [0.717, 1.165) is 11.0 Å². The Morgan fingerprint density at radius 3 is 2.41 bits per heavy atom. The van der Waals surface area contributed by atoms with E-state index in [9.17, 15) is 33.9 Å². The van der Waals surface area contributed by atoms with Crippen LogP contribution < -0.4 is 14.4 Å². The molecule has 2 heterocycles. The molecule has 2 aromatic rings. The first-order valence-corrected chi connectivity index (χ1v) is 13.4. The van der Waals surface area contributed by atoms with Crippen molar-refractivity contribution in [2.45, 2.75) is 25.7 Å². The van der Waals surface area contributed by atoms with Gasteiger partial charge in [-0.15, -0.1) is 0 Å². The smallest absolute Gasteiger partial charge is 0.257 e. The van der Waals surface area contributed by atoms with Crippen LogP contribution in [0.3, 0.4) is 0 Å². The van der Waals surface area contributed by atoms with Crippen molar-refractivity contribution in [1.82, 2.24) is 5.06 Å². The Hall–Kier alpha value is -3.96. The zero-order chi connectivity index (χ0) is 29.5. The highest BCUT2D eigenvalue weighted by Gasteiger charge is 2.68. The number of amides is 4. The molecule has 0 aromatic heterocycles. The number of fused-ring (bicyclic) bond motifs is 4. The SMILES string of the molecule is COc1cc(O)c(C2C3=CCC4C(=O)N(O)C(=O)C4C3CC3C(=O)N(c4ccc(F)c(Cl)c4)C(=O)C32C)c(OC)c1. The highest BCUT2D eigenvalue weighted by atomic mass is 35.5. The predicted molar refractivity (Wildman–Crippen MR) is 141 cm³/mol. The largest absolute Gasteiger partial charge is 0.507 e. The van der Waals surface area contributed by atoms with Crippen LogP contribution >= 0.6 is 11.6 Å². The van der Waals surface area contributed by atoms with Gasteiger partial charge in [-0.1, -0.05) is 23.3 Å². The summed E-state index contributed by atoms with van der Waals surface area (Å²) in [7, 11) is 2.81. The Kier molecular flexibility index (Phi) is 6.16. The number of ether oxygens (including phenoxy) is 2. The van der Waals surface area contributed by atoms with Gasteiger partial charge in [-0.25, -0.2) is 9.29 Å². The Balaban J connectivity index is 1.59. The molecule has 1 saturated carbocycles. The first kappa shape index (κ1) is 27.2. The molecule has 0 spiro atoms. The number of aromatic hydroxyl groups is 1. The number of hydroxylamine groups is 2. The zero-order valence-electron chi connectivity index (χ0n) is 22.3. The lowest BCUT2D eigenvalue weighted by molar-refractivity contribution is -0.173. The molecule has 2 aliphatic carbocycles. The molecule has 2 aliphatic heterocycles. The van der Waals surface area contributed by atoms with Crippen molar-refractivity contribution in [3.05, 3.63) is 58.4 Å². The Morgan fingerprint density at radius 2 is 1.76 bits per heavy atom. The van der Waals surface area contributed by atoms with Crippen molar-refractivity contribution in [3.63, 3.8) is 0 Å². The van der Waals surface area contributed by atoms with Crippen molar-refractivity contribution >= 4 is 40.9 Å². The maximum atomic E-state index is 14.4. The van der Waals surface area contributed by atoms with Crippen molar-refractivity contribution in [2.24, 2.45) is 29.1 Å². The molecule has 6 unspecified atom stereocenters. The summed E-state index contributed by atoms with van der Waals surface area (Å²) in [5, 5.41) is 21.4. The first-order chi connectivity index (χ1) is 19.4. The standard InChI is InChI=1S/C29H26ClFN2O8/c1-29-17(26(36)32(28(29)38)12-4-7-19(31)18(30)8-12)11-16-14(5-6-15-22(16)27(37)33(39)25(15)35)24(29)23-20(34)9-13(40-2)10-21(23)41-3/h4-5,7-10,15-17,22,24,34,39H,6,11H2,1-3H3. The van der Waals surface area contributed by atoms with E-state index in [0.29, 0.717) is 11.3 Å². The van der Waals surface area contributed by atoms with Gasteiger partial charge in [0.05, 0.1) is 48.1 Å². The van der Waals surface area contributed by atoms with Crippen LogP contribution in [0, 0.1) is 34.9 Å². The van der Waals surface area contributed by atoms with Gasteiger partial charge in [0.1, 0.15) is 23.1 Å². The average Bonchev–Trinajstić information content (AvgIpc) is 3.29. The number of halogens is 2. The van der Waals surface area contributed by atoms with E-state index >= 15 is 0 Å². The minimum absolute atomic E-state index is 0.0299. The van der Waals surface area contributed by atoms with Crippen molar-refractivity contribution in [2.75, 3.05) is 19.1 Å². The van der Waals surface area contributed by atoms with Gasteiger partial charge in [0.15, 0.2) is 0 Å². The molecule has 2 aromatic carbocycles. The summed E-state index contributed by atoms with van der Waals surface area (Å²) >= 11 is 6.00. The summed E-state index contributed by atoms with van der Waals surface area (Å²) in [4.78, 5) is 55.2. The topological polar surface area (TPSA) is 134 Å². The molecule has 12 heteroatoms. The Bertz CT molecular complexity index is 1580. The van der Waals surface area contributed by atoms with Crippen LogP contribution in [-0.4, -0.2) is 53.2 Å². The van der Waals surface area contributed by atoms with Crippen LogP contribution in [-0.2, 0) is 19.2 Å². The Morgan fingerprint density at radius 1 is 1.02 bits per heavy atom. The van der Waals surface area contributed by atoms with Crippen molar-refractivity contribution in [1.29, 1.82) is 0 Å². The highest BCUT2D eigenvalue weighted by molar-refractivity contribution is 6.31. The molecular weight excluding hydrogens is 559 g/mol. The molecular formula is C29H26ClFN2O8. The van der Waals surface area contributed by atoms with Gasteiger partial charge in [0.2, 0.25) is 11.8 Å². The van der Waals surface area contributed by atoms with E-state index in [1.165, 1.54) is 32.4 Å². The quantitative estimate of drug-likeness (QED) is 0.315. The van der Waals surface area contributed by atoms with Gasteiger partial charge in [0, 0.05) is 23.6 Å². The third-order valence-corrected chi connectivity index (χ3v) is 9.54. The number of nitrogens with zero attached hydrogens (tertiary/aromatic N) is 2. The lowest BCUT2D eigenvalue weighted by atomic mass is 9.51. The number of carbonyl (C=O) groups is 4. The molecule has 6 atom stereocenters. The third-order valence-electron chi connectivity index (χ3n) is 9.25. The van der Waals surface area contributed by atoms with Gasteiger partial charge in [-0.3, -0.25) is 24.4 Å².